The van der Waals surface area contributed by atoms with Crippen molar-refractivity contribution in [3.8, 4) is 16.2 Å². The summed E-state index contributed by atoms with van der Waals surface area (Å²) < 4.78 is 5.89. The van der Waals surface area contributed by atoms with E-state index in [-0.39, 0.29) is 5.56 Å². The third-order valence-electron chi connectivity index (χ3n) is 6.93. The van der Waals surface area contributed by atoms with Gasteiger partial charge >= 0.3 is 5.97 Å². The van der Waals surface area contributed by atoms with Crippen molar-refractivity contribution in [3.05, 3.63) is 80.2 Å². The summed E-state index contributed by atoms with van der Waals surface area (Å²) in [6.45, 7) is 0.361. The molecule has 8 nitrogen and oxygen atoms in total. The second-order valence-electron chi connectivity index (χ2n) is 9.38. The summed E-state index contributed by atoms with van der Waals surface area (Å²) >= 11 is 1.72. The zero-order chi connectivity index (χ0) is 25.5. The van der Waals surface area contributed by atoms with Crippen molar-refractivity contribution < 1.29 is 19.5 Å². The van der Waals surface area contributed by atoms with Crippen LogP contribution in [0.4, 0.5) is 0 Å². The molecule has 37 heavy (non-hydrogen) atoms. The molecule has 0 aliphatic heterocycles. The number of hydrogen-bond acceptors (Lipinski definition) is 7. The number of hydrogen-bond donors (Lipinski definition) is 2. The quantitative estimate of drug-likeness (QED) is 0.315. The van der Waals surface area contributed by atoms with Crippen LogP contribution in [0.2, 0.25) is 0 Å². The van der Waals surface area contributed by atoms with Crippen molar-refractivity contribution in [2.45, 2.75) is 44.6 Å². The highest BCUT2D eigenvalue weighted by molar-refractivity contribution is 7.16. The highest BCUT2D eigenvalue weighted by atomic mass is 32.1. The van der Waals surface area contributed by atoms with Gasteiger partial charge < -0.3 is 19.7 Å². The number of carboxylic acids is 1. The minimum atomic E-state index is -1.25. The molecule has 0 atom stereocenters. The number of benzene rings is 1. The number of carboxylic acid groups (broad SMARTS) is 1. The van der Waals surface area contributed by atoms with Crippen LogP contribution < -0.4 is 10.2 Å². The van der Waals surface area contributed by atoms with Crippen LogP contribution >= 0.6 is 11.3 Å². The number of nitrogens with one attached hydrogen (secondary N) is 1. The Morgan fingerprint density at radius 1 is 1.30 bits per heavy atom. The van der Waals surface area contributed by atoms with E-state index < -0.39 is 11.4 Å². The molecule has 1 saturated carbocycles. The van der Waals surface area contributed by atoms with Crippen LogP contribution in [0.5, 0.6) is 5.75 Å². The van der Waals surface area contributed by atoms with Crippen molar-refractivity contribution in [1.29, 1.82) is 0 Å². The van der Waals surface area contributed by atoms with Gasteiger partial charge in [0, 0.05) is 45.0 Å². The van der Waals surface area contributed by atoms with Gasteiger partial charge in [-0.05, 0) is 61.8 Å². The van der Waals surface area contributed by atoms with E-state index in [1.807, 2.05) is 18.2 Å². The number of aromatic carboxylic acids is 1. The number of H-pyrrole nitrogens is 1. The zero-order valence-electron chi connectivity index (χ0n) is 20.2. The number of oxime groups is 1. The average Bonchev–Trinajstić information content (AvgIpc) is 3.66. The molecule has 4 aromatic rings. The van der Waals surface area contributed by atoms with E-state index in [1.54, 1.807) is 30.8 Å². The molecule has 0 amide bonds. The molecule has 0 radical (unpaired) electrons. The fraction of sp³-hybridized carbons (Fsp3) is 0.286. The number of pyridine rings is 2. The molecule has 2 aliphatic rings. The highest BCUT2D eigenvalue weighted by Crippen LogP contribution is 2.51. The molecule has 9 heteroatoms. The van der Waals surface area contributed by atoms with Gasteiger partial charge in [-0.2, -0.15) is 0 Å². The Hall–Kier alpha value is -3.98. The monoisotopic (exact) mass is 515 g/mol. The summed E-state index contributed by atoms with van der Waals surface area (Å²) in [6, 6.07) is 7.85. The summed E-state index contributed by atoms with van der Waals surface area (Å²) in [4.78, 5) is 39.7. The molecule has 3 heterocycles. The average molecular weight is 516 g/mol. The minimum absolute atomic E-state index is 0.275. The number of rotatable bonds is 7. The molecule has 2 N–H and O–H groups in total. The summed E-state index contributed by atoms with van der Waals surface area (Å²) in [5.74, 6) is -0.364. The van der Waals surface area contributed by atoms with Crippen LogP contribution in [0, 0.1) is 0 Å². The lowest BCUT2D eigenvalue weighted by Crippen LogP contribution is -2.16. The number of fused-ring (bicyclic) bond motifs is 2. The Bertz CT molecular complexity index is 1600. The van der Waals surface area contributed by atoms with Gasteiger partial charge in [0.1, 0.15) is 12.2 Å². The second kappa shape index (κ2) is 9.48. The number of nitrogens with zero attached hydrogens (tertiary/aromatic N) is 2. The van der Waals surface area contributed by atoms with Crippen LogP contribution in [0.15, 0.2) is 52.8 Å². The maximum absolute atomic E-state index is 13.0. The van der Waals surface area contributed by atoms with E-state index >= 15 is 0 Å². The number of methoxy groups -OCH3 is 1. The number of aromatic nitrogens is 2. The maximum atomic E-state index is 13.0. The first-order valence-corrected chi connectivity index (χ1v) is 13.1. The third kappa shape index (κ3) is 4.29. The van der Waals surface area contributed by atoms with Crippen LogP contribution in [0.3, 0.4) is 0 Å². The van der Waals surface area contributed by atoms with Crippen molar-refractivity contribution >= 4 is 33.9 Å². The third-order valence-corrected chi connectivity index (χ3v) is 8.14. The van der Waals surface area contributed by atoms with Gasteiger partial charge in [-0.25, -0.2) is 4.79 Å². The Morgan fingerprint density at radius 2 is 2.16 bits per heavy atom. The molecule has 0 spiro atoms. The second-order valence-corrected chi connectivity index (χ2v) is 10.5. The van der Waals surface area contributed by atoms with Crippen LogP contribution in [0.1, 0.15) is 63.5 Å². The smallest absolute Gasteiger partial charge is 0.341 e. The first-order valence-electron chi connectivity index (χ1n) is 12.3. The SMILES string of the molecule is COc1c(-c2cc3c(s2)CCC/C3=N\OCc2cccnc2)c(C2CC2)cc2c(=O)c(C(=O)O)c[nH]c12. The highest BCUT2D eigenvalue weighted by Gasteiger charge is 2.32. The Morgan fingerprint density at radius 3 is 2.89 bits per heavy atom. The molecule has 0 saturated heterocycles. The van der Waals surface area contributed by atoms with Crippen molar-refractivity contribution in [2.24, 2.45) is 5.16 Å². The van der Waals surface area contributed by atoms with Crippen LogP contribution in [-0.2, 0) is 17.9 Å². The number of ether oxygens (including phenoxy) is 1. The van der Waals surface area contributed by atoms with E-state index in [4.69, 9.17) is 9.57 Å². The predicted octanol–water partition coefficient (Wildman–Crippen LogP) is 5.49. The van der Waals surface area contributed by atoms with Gasteiger partial charge in [0.15, 0.2) is 5.75 Å². The van der Waals surface area contributed by atoms with Gasteiger partial charge in [0.2, 0.25) is 5.43 Å². The molecule has 2 aliphatic carbocycles. The number of thiophene rings is 1. The molecule has 0 unspecified atom stereocenters. The number of aromatic amines is 1. The van der Waals surface area contributed by atoms with E-state index in [2.05, 4.69) is 21.2 Å². The maximum Gasteiger partial charge on any atom is 0.341 e. The van der Waals surface area contributed by atoms with Gasteiger partial charge in [-0.1, -0.05) is 11.2 Å². The Kier molecular flexibility index (Phi) is 6.00. The fourth-order valence-electron chi connectivity index (χ4n) is 4.99. The van der Waals surface area contributed by atoms with Crippen LogP contribution in [-0.4, -0.2) is 33.9 Å². The van der Waals surface area contributed by atoms with E-state index in [1.165, 1.54) is 11.1 Å². The lowest BCUT2D eigenvalue weighted by molar-refractivity contribution is 0.0695. The van der Waals surface area contributed by atoms with Gasteiger partial charge in [-0.3, -0.25) is 9.78 Å². The summed E-state index contributed by atoms with van der Waals surface area (Å²) in [5.41, 5.74) is 4.71. The fourth-order valence-corrected chi connectivity index (χ4v) is 6.27. The lowest BCUT2D eigenvalue weighted by atomic mass is 9.94. The molecule has 6 rings (SSSR count). The summed E-state index contributed by atoms with van der Waals surface area (Å²) in [7, 11) is 1.59. The summed E-state index contributed by atoms with van der Waals surface area (Å²) in [6.07, 6.45) is 9.60. The van der Waals surface area contributed by atoms with E-state index in [0.717, 1.165) is 64.9 Å². The molecule has 188 valence electrons. The summed E-state index contributed by atoms with van der Waals surface area (Å²) in [5, 5.41) is 14.3. The Balaban J connectivity index is 1.44. The predicted molar refractivity (Wildman–Crippen MR) is 142 cm³/mol. The van der Waals surface area contributed by atoms with Crippen molar-refractivity contribution in [2.75, 3.05) is 7.11 Å². The molecule has 1 fully saturated rings. The zero-order valence-corrected chi connectivity index (χ0v) is 21.1. The molecule has 3 aromatic heterocycles. The topological polar surface area (TPSA) is 114 Å². The molecule has 1 aromatic carbocycles. The molecular formula is C28H25N3O5S. The first-order chi connectivity index (χ1) is 18.0. The van der Waals surface area contributed by atoms with Gasteiger partial charge in [0.25, 0.3) is 0 Å². The first kappa shape index (κ1) is 23.4. The van der Waals surface area contributed by atoms with E-state index in [0.29, 0.717) is 29.2 Å². The molecular weight excluding hydrogens is 490 g/mol. The number of carbonyl (C=O) groups is 1. The standard InChI is InChI=1S/C28H25N3O5S/c1-35-27-24(17(16-7-8-16)10-19-25(27)30-13-20(26(19)32)28(33)34)23-11-18-21(5-2-6-22(18)37-23)31-36-14-15-4-3-9-29-12-15/h3-4,9-13,16H,2,5-8,14H2,1H3,(H,30,32)(H,33,34)/b31-21+. The normalized spacial score (nSPS) is 16.1. The Labute approximate surface area is 216 Å². The minimum Gasteiger partial charge on any atom is -0.494 e. The molecule has 0 bridgehead atoms. The van der Waals surface area contributed by atoms with Crippen LogP contribution in [0.25, 0.3) is 21.3 Å². The van der Waals surface area contributed by atoms with Gasteiger partial charge in [0.05, 0.1) is 23.7 Å². The van der Waals surface area contributed by atoms with Gasteiger partial charge in [-0.15, -0.1) is 11.3 Å². The lowest BCUT2D eigenvalue weighted by Gasteiger charge is -2.16. The largest absolute Gasteiger partial charge is 0.494 e. The van der Waals surface area contributed by atoms with Crippen molar-refractivity contribution in [3.63, 3.8) is 0 Å². The van der Waals surface area contributed by atoms with Crippen molar-refractivity contribution in [1.82, 2.24) is 9.97 Å². The van der Waals surface area contributed by atoms with E-state index in [9.17, 15) is 14.7 Å². The number of aryl methyl sites for hydroxylation is 1.